The Kier molecular flexibility index (Phi) is 6.27. The Morgan fingerprint density at radius 1 is 1.03 bits per heavy atom. The fourth-order valence-corrected chi connectivity index (χ4v) is 7.50. The van der Waals surface area contributed by atoms with Gasteiger partial charge in [0.2, 0.25) is 10.0 Å². The fourth-order valence-electron chi connectivity index (χ4n) is 6.76. The van der Waals surface area contributed by atoms with E-state index in [0.717, 1.165) is 29.2 Å². The molecule has 0 saturated heterocycles. The van der Waals surface area contributed by atoms with Gasteiger partial charge in [-0.3, -0.25) is 4.79 Å². The van der Waals surface area contributed by atoms with Crippen LogP contribution in [0.2, 0.25) is 5.02 Å². The second-order valence-corrected chi connectivity index (χ2v) is 12.3. The van der Waals surface area contributed by atoms with E-state index in [2.05, 4.69) is 12.1 Å². The Bertz CT molecular complexity index is 1110. The van der Waals surface area contributed by atoms with Crippen LogP contribution in [0.5, 0.6) is 0 Å². The molecule has 1 unspecified atom stereocenters. The topological polar surface area (TPSA) is 72.5 Å². The van der Waals surface area contributed by atoms with Gasteiger partial charge in [0.1, 0.15) is 0 Å². The number of hydrogen-bond acceptors (Lipinski definition) is 4. The maximum atomic E-state index is 12.3. The molecule has 4 fully saturated rings. The summed E-state index contributed by atoms with van der Waals surface area (Å²) in [6.45, 7) is 0.501. The van der Waals surface area contributed by atoms with Crippen molar-refractivity contribution in [1.82, 2.24) is 4.72 Å². The van der Waals surface area contributed by atoms with Gasteiger partial charge in [-0.1, -0.05) is 48.0 Å². The predicted molar refractivity (Wildman–Crippen MR) is 128 cm³/mol. The molecule has 4 saturated carbocycles. The van der Waals surface area contributed by atoms with Crippen molar-refractivity contribution in [1.29, 1.82) is 0 Å². The molecule has 4 aliphatic rings. The average molecular weight is 488 g/mol. The van der Waals surface area contributed by atoms with Crippen LogP contribution in [0, 0.1) is 29.6 Å². The average Bonchev–Trinajstić information content (AvgIpc) is 2.75. The number of hydrogen-bond donors (Lipinski definition) is 1. The van der Waals surface area contributed by atoms with Gasteiger partial charge in [0, 0.05) is 10.6 Å². The second-order valence-electron chi connectivity index (χ2n) is 10.2. The normalized spacial score (nSPS) is 29.1. The highest BCUT2D eigenvalue weighted by Crippen LogP contribution is 2.60. The molecule has 2 aromatic carbocycles. The van der Waals surface area contributed by atoms with Crippen molar-refractivity contribution in [3.63, 3.8) is 0 Å². The SMILES string of the molecule is CS(=O)(=O)NC(=O)c1ccc(C(OCc2ccccc2)C2C3CC4CC(C3)CC2C4)c(Cl)c1. The third kappa shape index (κ3) is 4.98. The van der Waals surface area contributed by atoms with Crippen molar-refractivity contribution in [3.05, 3.63) is 70.2 Å². The quantitative estimate of drug-likeness (QED) is 0.570. The minimum absolute atomic E-state index is 0.153. The van der Waals surface area contributed by atoms with Crippen LogP contribution in [0.4, 0.5) is 0 Å². The first-order valence-electron chi connectivity index (χ1n) is 11.7. The number of sulfonamides is 1. The van der Waals surface area contributed by atoms with E-state index in [-0.39, 0.29) is 11.7 Å². The summed E-state index contributed by atoms with van der Waals surface area (Å²) in [5.41, 5.74) is 2.23. The molecule has 1 N–H and O–H groups in total. The van der Waals surface area contributed by atoms with Gasteiger partial charge in [0.25, 0.3) is 5.91 Å². The molecule has 33 heavy (non-hydrogen) atoms. The van der Waals surface area contributed by atoms with Crippen molar-refractivity contribution in [2.45, 2.75) is 44.8 Å². The van der Waals surface area contributed by atoms with Crippen molar-refractivity contribution >= 4 is 27.5 Å². The summed E-state index contributed by atoms with van der Waals surface area (Å²) in [4.78, 5) is 12.3. The van der Waals surface area contributed by atoms with Gasteiger partial charge < -0.3 is 4.74 Å². The van der Waals surface area contributed by atoms with E-state index in [1.807, 2.05) is 29.0 Å². The molecule has 0 spiro atoms. The number of carbonyl (C=O) groups excluding carboxylic acids is 1. The first-order valence-corrected chi connectivity index (χ1v) is 14.0. The van der Waals surface area contributed by atoms with Gasteiger partial charge in [-0.2, -0.15) is 0 Å². The first-order chi connectivity index (χ1) is 15.8. The number of benzene rings is 2. The molecule has 0 aromatic heterocycles. The van der Waals surface area contributed by atoms with Gasteiger partial charge in [0.05, 0.1) is 19.0 Å². The highest BCUT2D eigenvalue weighted by molar-refractivity contribution is 7.89. The van der Waals surface area contributed by atoms with Gasteiger partial charge in [-0.05, 0) is 85.0 Å². The van der Waals surface area contributed by atoms with Crippen LogP contribution in [-0.2, 0) is 21.4 Å². The molecule has 5 nitrogen and oxygen atoms in total. The Morgan fingerprint density at radius 3 is 2.24 bits per heavy atom. The number of rotatable bonds is 7. The van der Waals surface area contributed by atoms with Gasteiger partial charge in [-0.25, -0.2) is 13.1 Å². The Balaban J connectivity index is 1.44. The lowest BCUT2D eigenvalue weighted by molar-refractivity contribution is -0.118. The molecule has 1 amide bonds. The van der Waals surface area contributed by atoms with E-state index >= 15 is 0 Å². The van der Waals surface area contributed by atoms with Crippen LogP contribution in [0.15, 0.2) is 48.5 Å². The Hall–Kier alpha value is -1.89. The monoisotopic (exact) mass is 487 g/mol. The maximum Gasteiger partial charge on any atom is 0.264 e. The predicted octanol–water partition coefficient (Wildman–Crippen LogP) is 5.36. The highest BCUT2D eigenvalue weighted by Gasteiger charge is 2.51. The lowest BCUT2D eigenvalue weighted by Crippen LogP contribution is -2.47. The number of ether oxygens (including phenoxy) is 1. The molecule has 7 heteroatoms. The lowest BCUT2D eigenvalue weighted by Gasteiger charge is -2.56. The summed E-state index contributed by atoms with van der Waals surface area (Å²) in [6.07, 6.45) is 7.29. The van der Waals surface area contributed by atoms with Crippen molar-refractivity contribution in [2.75, 3.05) is 6.26 Å². The van der Waals surface area contributed by atoms with Crippen LogP contribution < -0.4 is 4.72 Å². The summed E-state index contributed by atoms with van der Waals surface area (Å²) < 4.78 is 31.5. The van der Waals surface area contributed by atoms with Gasteiger partial charge in [0.15, 0.2) is 0 Å². The fraction of sp³-hybridized carbons (Fsp3) is 0.500. The smallest absolute Gasteiger partial charge is 0.264 e. The van der Waals surface area contributed by atoms with Crippen LogP contribution in [-0.4, -0.2) is 20.6 Å². The zero-order valence-electron chi connectivity index (χ0n) is 18.7. The molecule has 1 atom stereocenters. The minimum Gasteiger partial charge on any atom is -0.368 e. The van der Waals surface area contributed by atoms with E-state index in [1.54, 1.807) is 12.1 Å². The number of amides is 1. The molecule has 176 valence electrons. The van der Waals surface area contributed by atoms with E-state index in [1.165, 1.54) is 32.1 Å². The Morgan fingerprint density at radius 2 is 1.67 bits per heavy atom. The zero-order chi connectivity index (χ0) is 23.2. The summed E-state index contributed by atoms with van der Waals surface area (Å²) in [5.74, 6) is 2.74. The molecule has 0 radical (unpaired) electrons. The maximum absolute atomic E-state index is 12.3. The lowest BCUT2D eigenvalue weighted by atomic mass is 9.50. The third-order valence-corrected chi connectivity index (χ3v) is 8.65. The molecule has 4 bridgehead atoms. The summed E-state index contributed by atoms with van der Waals surface area (Å²) in [6, 6.07) is 15.2. The molecule has 0 aliphatic heterocycles. The third-order valence-electron chi connectivity index (χ3n) is 7.77. The second kappa shape index (κ2) is 9.05. The first kappa shape index (κ1) is 22.9. The van der Waals surface area contributed by atoms with E-state index < -0.39 is 15.9 Å². The standard InChI is InChI=1S/C26H30ClNO4S/c1-33(30,31)28-26(29)19-7-8-22(23(27)14-19)25(32-15-16-5-3-2-4-6-16)24-20-10-17-9-18(12-20)13-21(24)11-17/h2-8,14,17-18,20-21,24-25H,9-13,15H2,1H3,(H,28,29). The molecule has 0 heterocycles. The van der Waals surface area contributed by atoms with E-state index in [9.17, 15) is 13.2 Å². The van der Waals surface area contributed by atoms with Crippen molar-refractivity contribution < 1.29 is 17.9 Å². The molecular formula is C26H30ClNO4S. The van der Waals surface area contributed by atoms with Crippen LogP contribution >= 0.6 is 11.6 Å². The van der Waals surface area contributed by atoms with E-state index in [4.69, 9.17) is 16.3 Å². The van der Waals surface area contributed by atoms with Crippen molar-refractivity contribution in [3.8, 4) is 0 Å². The van der Waals surface area contributed by atoms with Crippen LogP contribution in [0.3, 0.4) is 0 Å². The van der Waals surface area contributed by atoms with Crippen molar-refractivity contribution in [2.24, 2.45) is 29.6 Å². The van der Waals surface area contributed by atoms with Gasteiger partial charge >= 0.3 is 0 Å². The minimum atomic E-state index is -3.65. The van der Waals surface area contributed by atoms with Gasteiger partial charge in [-0.15, -0.1) is 0 Å². The summed E-state index contributed by atoms with van der Waals surface area (Å²) in [5, 5.41) is 0.447. The molecule has 6 rings (SSSR count). The largest absolute Gasteiger partial charge is 0.368 e. The van der Waals surface area contributed by atoms with Crippen LogP contribution in [0.25, 0.3) is 0 Å². The molecular weight excluding hydrogens is 458 g/mol. The van der Waals surface area contributed by atoms with Crippen LogP contribution in [0.1, 0.15) is 59.7 Å². The zero-order valence-corrected chi connectivity index (χ0v) is 20.3. The summed E-state index contributed by atoms with van der Waals surface area (Å²) in [7, 11) is -3.65. The Labute approximate surface area is 200 Å². The number of nitrogens with one attached hydrogen (secondary N) is 1. The number of halogens is 1. The molecule has 4 aliphatic carbocycles. The summed E-state index contributed by atoms with van der Waals surface area (Å²) >= 11 is 6.73. The molecule has 2 aromatic rings. The highest BCUT2D eigenvalue weighted by atomic mass is 35.5. The van der Waals surface area contributed by atoms with E-state index in [0.29, 0.717) is 29.4 Å². The number of carbonyl (C=O) groups is 1.